The van der Waals surface area contributed by atoms with Crippen LogP contribution in [0, 0.1) is 0 Å². The monoisotopic (exact) mass is 264 g/mol. The smallest absolute Gasteiger partial charge is 0.184 e. The quantitative estimate of drug-likeness (QED) is 0.477. The minimum Gasteiger partial charge on any atom is -0.375 e. The summed E-state index contributed by atoms with van der Waals surface area (Å²) in [5.41, 5.74) is 8.33. The minimum atomic E-state index is 0.137. The van der Waals surface area contributed by atoms with Crippen LogP contribution in [0.2, 0.25) is 0 Å². The summed E-state index contributed by atoms with van der Waals surface area (Å²) in [6.45, 7) is 0. The molecule has 0 aliphatic carbocycles. The fraction of sp³-hybridized carbons (Fsp3) is 0. The van der Waals surface area contributed by atoms with Gasteiger partial charge in [0, 0.05) is 5.38 Å². The van der Waals surface area contributed by atoms with Gasteiger partial charge in [-0.15, -0.1) is 0 Å². The summed E-state index contributed by atoms with van der Waals surface area (Å²) in [7, 11) is 0. The van der Waals surface area contributed by atoms with Gasteiger partial charge in [-0.05, 0) is 39.7 Å². The maximum Gasteiger partial charge on any atom is 0.184 e. The van der Waals surface area contributed by atoms with Gasteiger partial charge in [-0.2, -0.15) is 9.47 Å². The fourth-order valence-corrected chi connectivity index (χ4v) is 1.61. The topological polar surface area (TPSA) is 63.3 Å². The molecule has 0 saturated carbocycles. The normalized spacial score (nSPS) is 10.4. The molecule has 4 nitrogen and oxygen atoms in total. The van der Waals surface area contributed by atoms with Crippen LogP contribution in [-0.2, 0) is 0 Å². The minimum absolute atomic E-state index is 0.137. The van der Waals surface area contributed by atoms with Crippen molar-refractivity contribution >= 4 is 51.0 Å². The van der Waals surface area contributed by atoms with Gasteiger partial charge in [0.2, 0.25) is 0 Å². The molecular weight excluding hydrogens is 260 g/mol. The van der Waals surface area contributed by atoms with Crippen molar-refractivity contribution in [3.63, 3.8) is 0 Å². The standard InChI is InChI=1S/C5H5BrN4S2/c6-3-2-12-10-4(3)1-8-9-5(7)11/h1-2H,(H3,7,9,11). The van der Waals surface area contributed by atoms with Crippen molar-refractivity contribution in [3.05, 3.63) is 15.5 Å². The zero-order chi connectivity index (χ0) is 8.97. The summed E-state index contributed by atoms with van der Waals surface area (Å²) < 4.78 is 4.94. The van der Waals surface area contributed by atoms with Gasteiger partial charge in [-0.3, -0.25) is 5.43 Å². The van der Waals surface area contributed by atoms with Gasteiger partial charge in [0.05, 0.1) is 10.7 Å². The highest BCUT2D eigenvalue weighted by molar-refractivity contribution is 9.10. The van der Waals surface area contributed by atoms with Crippen molar-refractivity contribution in [2.24, 2.45) is 10.8 Å². The predicted molar refractivity (Wildman–Crippen MR) is 57.3 cm³/mol. The number of nitrogens with zero attached hydrogens (tertiary/aromatic N) is 2. The molecule has 0 fully saturated rings. The second-order valence-corrected chi connectivity index (χ2v) is 3.71. The molecule has 0 unspecified atom stereocenters. The number of rotatable bonds is 2. The molecule has 64 valence electrons. The lowest BCUT2D eigenvalue weighted by atomic mass is 10.5. The van der Waals surface area contributed by atoms with E-state index in [9.17, 15) is 0 Å². The van der Waals surface area contributed by atoms with Crippen LogP contribution in [0.15, 0.2) is 15.0 Å². The number of aromatic nitrogens is 1. The number of thiocarbonyl (C=S) groups is 1. The van der Waals surface area contributed by atoms with Gasteiger partial charge in [0.1, 0.15) is 5.69 Å². The maximum absolute atomic E-state index is 5.15. The lowest BCUT2D eigenvalue weighted by molar-refractivity contribution is 1.04. The summed E-state index contributed by atoms with van der Waals surface area (Å²) in [5.74, 6) is 0. The fourth-order valence-electron chi connectivity index (χ4n) is 0.476. The summed E-state index contributed by atoms with van der Waals surface area (Å²) >= 11 is 9.19. The summed E-state index contributed by atoms with van der Waals surface area (Å²) in [4.78, 5) is 0. The highest BCUT2D eigenvalue weighted by Gasteiger charge is 1.97. The highest BCUT2D eigenvalue weighted by Crippen LogP contribution is 2.15. The first kappa shape index (κ1) is 9.56. The van der Waals surface area contributed by atoms with E-state index in [1.54, 1.807) is 6.21 Å². The average molecular weight is 265 g/mol. The Morgan fingerprint density at radius 3 is 3.17 bits per heavy atom. The van der Waals surface area contributed by atoms with E-state index in [2.05, 4.69) is 43.0 Å². The van der Waals surface area contributed by atoms with Crippen LogP contribution >= 0.6 is 39.7 Å². The largest absolute Gasteiger partial charge is 0.375 e. The molecule has 1 aromatic heterocycles. The lowest BCUT2D eigenvalue weighted by Gasteiger charge is -1.91. The molecule has 0 aromatic carbocycles. The van der Waals surface area contributed by atoms with Crippen LogP contribution < -0.4 is 11.2 Å². The van der Waals surface area contributed by atoms with E-state index in [1.165, 1.54) is 11.5 Å². The van der Waals surface area contributed by atoms with Gasteiger partial charge >= 0.3 is 0 Å². The first-order chi connectivity index (χ1) is 5.70. The van der Waals surface area contributed by atoms with Crippen LogP contribution in [0.4, 0.5) is 0 Å². The summed E-state index contributed by atoms with van der Waals surface area (Å²) in [6, 6.07) is 0. The Balaban J connectivity index is 2.57. The number of hydrazone groups is 1. The second kappa shape index (κ2) is 4.48. The molecule has 0 radical (unpaired) electrons. The first-order valence-electron chi connectivity index (χ1n) is 2.88. The van der Waals surface area contributed by atoms with Crippen LogP contribution in [0.5, 0.6) is 0 Å². The van der Waals surface area contributed by atoms with Crippen LogP contribution in [-0.4, -0.2) is 15.7 Å². The Hall–Kier alpha value is -0.530. The van der Waals surface area contributed by atoms with Crippen molar-refractivity contribution in [2.45, 2.75) is 0 Å². The van der Waals surface area contributed by atoms with E-state index in [4.69, 9.17) is 5.73 Å². The zero-order valence-electron chi connectivity index (χ0n) is 5.82. The van der Waals surface area contributed by atoms with E-state index in [0.29, 0.717) is 0 Å². The van der Waals surface area contributed by atoms with Gasteiger partial charge in [0.25, 0.3) is 0 Å². The van der Waals surface area contributed by atoms with E-state index in [1.807, 2.05) is 5.38 Å². The number of hydrogen-bond acceptors (Lipinski definition) is 4. The molecule has 1 aromatic rings. The third-order valence-electron chi connectivity index (χ3n) is 0.913. The molecule has 1 rings (SSSR count). The SMILES string of the molecule is NC(=S)NN=Cc1nscc1Br. The molecule has 0 saturated heterocycles. The van der Waals surface area contributed by atoms with Crippen molar-refractivity contribution < 1.29 is 0 Å². The molecule has 0 aliphatic heterocycles. The Kier molecular flexibility index (Phi) is 3.57. The van der Waals surface area contributed by atoms with E-state index in [0.717, 1.165) is 10.2 Å². The Morgan fingerprint density at radius 1 is 1.92 bits per heavy atom. The molecular formula is C5H5BrN4S2. The molecule has 0 amide bonds. The van der Waals surface area contributed by atoms with E-state index >= 15 is 0 Å². The molecule has 0 bridgehead atoms. The maximum atomic E-state index is 5.15. The number of halogens is 1. The third-order valence-corrected chi connectivity index (χ3v) is 2.59. The third kappa shape index (κ3) is 2.84. The summed E-state index contributed by atoms with van der Waals surface area (Å²) in [5, 5.41) is 5.75. The van der Waals surface area contributed by atoms with Gasteiger partial charge < -0.3 is 5.73 Å². The van der Waals surface area contributed by atoms with E-state index < -0.39 is 0 Å². The molecule has 12 heavy (non-hydrogen) atoms. The van der Waals surface area contributed by atoms with Crippen molar-refractivity contribution in [1.82, 2.24) is 9.80 Å². The van der Waals surface area contributed by atoms with Crippen molar-refractivity contribution in [2.75, 3.05) is 0 Å². The number of nitrogens with one attached hydrogen (secondary N) is 1. The molecule has 7 heteroatoms. The van der Waals surface area contributed by atoms with Crippen LogP contribution in [0.25, 0.3) is 0 Å². The molecule has 0 atom stereocenters. The lowest BCUT2D eigenvalue weighted by Crippen LogP contribution is -2.24. The molecule has 0 spiro atoms. The van der Waals surface area contributed by atoms with E-state index in [-0.39, 0.29) is 5.11 Å². The van der Waals surface area contributed by atoms with Crippen LogP contribution in [0.1, 0.15) is 5.69 Å². The van der Waals surface area contributed by atoms with Crippen molar-refractivity contribution in [3.8, 4) is 0 Å². The predicted octanol–water partition coefficient (Wildman–Crippen LogP) is 1.07. The molecule has 1 heterocycles. The summed E-state index contributed by atoms with van der Waals surface area (Å²) in [6.07, 6.45) is 1.54. The number of nitrogens with two attached hydrogens (primary N) is 1. The van der Waals surface area contributed by atoms with Crippen LogP contribution in [0.3, 0.4) is 0 Å². The van der Waals surface area contributed by atoms with Gasteiger partial charge in [-0.1, -0.05) is 0 Å². The van der Waals surface area contributed by atoms with Crippen molar-refractivity contribution in [1.29, 1.82) is 0 Å². The molecule has 3 N–H and O–H groups in total. The Morgan fingerprint density at radius 2 is 2.67 bits per heavy atom. The first-order valence-corrected chi connectivity index (χ1v) is 4.92. The Bertz CT molecular complexity index is 308. The highest BCUT2D eigenvalue weighted by atomic mass is 79.9. The zero-order valence-corrected chi connectivity index (χ0v) is 9.04. The van der Waals surface area contributed by atoms with Gasteiger partial charge in [-0.25, -0.2) is 0 Å². The molecule has 0 aliphatic rings. The van der Waals surface area contributed by atoms with Gasteiger partial charge in [0.15, 0.2) is 5.11 Å². The average Bonchev–Trinajstić information content (AvgIpc) is 2.36. The Labute approximate surface area is 87.1 Å². The number of hydrogen-bond donors (Lipinski definition) is 2. The second-order valence-electron chi connectivity index (χ2n) is 1.78.